The van der Waals surface area contributed by atoms with Gasteiger partial charge in [-0.3, -0.25) is 9.59 Å². The van der Waals surface area contributed by atoms with Gasteiger partial charge >= 0.3 is 6.09 Å². The molecule has 0 aliphatic carbocycles. The number of carbonyl (C=O) groups excluding carboxylic acids is 3. The Kier molecular flexibility index (Phi) is 9.42. The van der Waals surface area contributed by atoms with Crippen molar-refractivity contribution in [1.29, 1.82) is 0 Å². The lowest BCUT2D eigenvalue weighted by Crippen LogP contribution is -2.47. The fraction of sp³-hybridized carbons (Fsp3) is 0.452. The molecule has 1 aliphatic rings. The Morgan fingerprint density at radius 3 is 2.27 bits per heavy atom. The maximum atomic E-state index is 13.6. The lowest BCUT2D eigenvalue weighted by Gasteiger charge is -2.27. The number of hydrogen-bond donors (Lipinski definition) is 2. The third kappa shape index (κ3) is 8.15. The van der Waals surface area contributed by atoms with Crippen LogP contribution in [0.2, 0.25) is 0 Å². The molecule has 10 nitrogen and oxygen atoms in total. The molecule has 218 valence electrons. The second-order valence-electron chi connectivity index (χ2n) is 11.5. The number of amides is 3. The highest BCUT2D eigenvalue weighted by atomic mass is 16.6. The van der Waals surface area contributed by atoms with Crippen molar-refractivity contribution in [3.63, 3.8) is 0 Å². The molecular formula is C31H39N5O5. The van der Waals surface area contributed by atoms with E-state index < -0.39 is 17.7 Å². The van der Waals surface area contributed by atoms with Gasteiger partial charge in [0.1, 0.15) is 18.1 Å². The fourth-order valence-electron chi connectivity index (χ4n) is 4.78. The minimum atomic E-state index is -0.630. The van der Waals surface area contributed by atoms with Crippen molar-refractivity contribution in [3.8, 4) is 0 Å². The van der Waals surface area contributed by atoms with E-state index in [9.17, 15) is 14.4 Å². The summed E-state index contributed by atoms with van der Waals surface area (Å²) in [5, 5.41) is 13.6. The largest absolute Gasteiger partial charge is 0.444 e. The highest BCUT2D eigenvalue weighted by Gasteiger charge is 2.36. The molecule has 1 fully saturated rings. The van der Waals surface area contributed by atoms with Gasteiger partial charge in [-0.25, -0.2) is 4.79 Å². The van der Waals surface area contributed by atoms with E-state index in [4.69, 9.17) is 9.15 Å². The predicted octanol–water partition coefficient (Wildman–Crippen LogP) is 4.66. The number of benzene rings is 2. The Hall–Kier alpha value is -4.21. The van der Waals surface area contributed by atoms with Crippen molar-refractivity contribution in [2.45, 2.75) is 84.0 Å². The number of nitrogens with one attached hydrogen (secondary N) is 2. The smallest absolute Gasteiger partial charge is 0.408 e. The van der Waals surface area contributed by atoms with E-state index in [0.717, 1.165) is 17.5 Å². The quantitative estimate of drug-likeness (QED) is 0.389. The molecular weight excluding hydrogens is 522 g/mol. The van der Waals surface area contributed by atoms with Crippen molar-refractivity contribution < 1.29 is 23.5 Å². The number of rotatable bonds is 9. The Morgan fingerprint density at radius 2 is 1.61 bits per heavy atom. The Bertz CT molecular complexity index is 1330. The first kappa shape index (κ1) is 29.8. The minimum Gasteiger partial charge on any atom is -0.444 e. The van der Waals surface area contributed by atoms with Gasteiger partial charge in [0.25, 0.3) is 0 Å². The van der Waals surface area contributed by atoms with Crippen LogP contribution in [0.15, 0.2) is 59.0 Å². The number of aromatic nitrogens is 2. The molecule has 1 saturated heterocycles. The van der Waals surface area contributed by atoms with Crippen molar-refractivity contribution in [3.05, 3.63) is 83.1 Å². The van der Waals surface area contributed by atoms with Crippen molar-refractivity contribution in [1.82, 2.24) is 25.7 Å². The van der Waals surface area contributed by atoms with Crippen LogP contribution in [0.4, 0.5) is 4.79 Å². The normalized spacial score (nSPS) is 16.0. The highest BCUT2D eigenvalue weighted by Crippen LogP contribution is 2.26. The monoisotopic (exact) mass is 561 g/mol. The molecule has 0 saturated carbocycles. The zero-order chi connectivity index (χ0) is 29.6. The zero-order valence-corrected chi connectivity index (χ0v) is 24.3. The van der Waals surface area contributed by atoms with Crippen molar-refractivity contribution >= 4 is 17.9 Å². The van der Waals surface area contributed by atoms with Gasteiger partial charge in [-0.1, -0.05) is 68.4 Å². The van der Waals surface area contributed by atoms with Crippen LogP contribution in [0.25, 0.3) is 0 Å². The standard InChI is InChI=1S/C31H39N5O5/c1-20(2)21-13-15-23(16-14-21)28(22-10-7-6-8-11-22)33-29(38)24-12-9-17-36(24)27(37)18-25-34-35-26(40-25)19-32-30(39)41-31(3,4)5/h6-8,10-11,13-16,20,24,28H,9,12,17-19H2,1-5H3,(H,32,39)(H,33,38)/t24-,28-/m0/s1. The van der Waals surface area contributed by atoms with Gasteiger partial charge in [0, 0.05) is 6.54 Å². The molecule has 0 bridgehead atoms. The van der Waals surface area contributed by atoms with Crippen LogP contribution < -0.4 is 10.6 Å². The summed E-state index contributed by atoms with van der Waals surface area (Å²) in [4.78, 5) is 40.3. The molecule has 2 aromatic carbocycles. The second-order valence-corrected chi connectivity index (χ2v) is 11.5. The van der Waals surface area contributed by atoms with Gasteiger partial charge in [-0.05, 0) is 56.2 Å². The summed E-state index contributed by atoms with van der Waals surface area (Å²) < 4.78 is 10.7. The number of carbonyl (C=O) groups is 3. The van der Waals surface area contributed by atoms with Gasteiger partial charge in [0.2, 0.25) is 23.6 Å². The van der Waals surface area contributed by atoms with E-state index in [2.05, 4.69) is 58.9 Å². The van der Waals surface area contributed by atoms with E-state index >= 15 is 0 Å². The molecule has 0 spiro atoms. The topological polar surface area (TPSA) is 127 Å². The number of alkyl carbamates (subject to hydrolysis) is 1. The fourth-order valence-corrected chi connectivity index (χ4v) is 4.78. The molecule has 2 heterocycles. The summed E-state index contributed by atoms with van der Waals surface area (Å²) in [7, 11) is 0. The van der Waals surface area contributed by atoms with Crippen molar-refractivity contribution in [2.24, 2.45) is 0 Å². The van der Waals surface area contributed by atoms with Crippen LogP contribution in [-0.4, -0.2) is 51.2 Å². The zero-order valence-electron chi connectivity index (χ0n) is 24.3. The molecule has 41 heavy (non-hydrogen) atoms. The van der Waals surface area contributed by atoms with E-state index in [1.807, 2.05) is 30.3 Å². The first-order valence-electron chi connectivity index (χ1n) is 14.0. The predicted molar refractivity (Wildman–Crippen MR) is 153 cm³/mol. The molecule has 4 rings (SSSR count). The number of likely N-dealkylation sites (tertiary alicyclic amines) is 1. The van der Waals surface area contributed by atoms with E-state index in [1.54, 1.807) is 25.7 Å². The van der Waals surface area contributed by atoms with Crippen LogP contribution >= 0.6 is 0 Å². The molecule has 3 aromatic rings. The van der Waals surface area contributed by atoms with Crippen LogP contribution in [0, 0.1) is 0 Å². The average molecular weight is 562 g/mol. The summed E-state index contributed by atoms with van der Waals surface area (Å²) in [6, 6.07) is 17.2. The van der Waals surface area contributed by atoms with Crippen molar-refractivity contribution in [2.75, 3.05) is 6.54 Å². The Balaban J connectivity index is 1.40. The van der Waals surface area contributed by atoms with E-state index in [-0.39, 0.29) is 42.6 Å². The highest BCUT2D eigenvalue weighted by molar-refractivity contribution is 5.89. The van der Waals surface area contributed by atoms with Crippen LogP contribution in [0.1, 0.15) is 87.9 Å². The molecule has 1 aliphatic heterocycles. The van der Waals surface area contributed by atoms with E-state index in [1.165, 1.54) is 5.56 Å². The molecule has 2 atom stereocenters. The van der Waals surface area contributed by atoms with E-state index in [0.29, 0.717) is 18.9 Å². The van der Waals surface area contributed by atoms with Crippen LogP contribution in [-0.2, 0) is 27.3 Å². The second kappa shape index (κ2) is 13.0. The Morgan fingerprint density at radius 1 is 0.976 bits per heavy atom. The molecule has 3 amide bonds. The average Bonchev–Trinajstić information content (AvgIpc) is 3.60. The van der Waals surface area contributed by atoms with Gasteiger partial charge in [0.05, 0.1) is 12.6 Å². The van der Waals surface area contributed by atoms with Crippen LogP contribution in [0.3, 0.4) is 0 Å². The number of ether oxygens (including phenoxy) is 1. The number of hydrogen-bond acceptors (Lipinski definition) is 7. The summed E-state index contributed by atoms with van der Waals surface area (Å²) in [5.41, 5.74) is 2.54. The van der Waals surface area contributed by atoms with Gasteiger partial charge < -0.3 is 24.7 Å². The summed E-state index contributed by atoms with van der Waals surface area (Å²) in [6.45, 7) is 10.0. The molecule has 2 N–H and O–H groups in total. The summed E-state index contributed by atoms with van der Waals surface area (Å²) in [5.74, 6) is 0.210. The summed E-state index contributed by atoms with van der Waals surface area (Å²) >= 11 is 0. The third-order valence-corrected chi connectivity index (χ3v) is 6.83. The Labute approximate surface area is 240 Å². The van der Waals surface area contributed by atoms with Gasteiger partial charge in [-0.15, -0.1) is 10.2 Å². The first-order chi connectivity index (χ1) is 19.5. The molecule has 0 unspecified atom stereocenters. The minimum absolute atomic E-state index is 0.0239. The maximum absolute atomic E-state index is 13.6. The molecule has 0 radical (unpaired) electrons. The summed E-state index contributed by atoms with van der Waals surface area (Å²) in [6.07, 6.45) is 0.545. The third-order valence-electron chi connectivity index (χ3n) is 6.83. The van der Waals surface area contributed by atoms with Gasteiger partial charge in [-0.2, -0.15) is 0 Å². The van der Waals surface area contributed by atoms with Crippen LogP contribution in [0.5, 0.6) is 0 Å². The maximum Gasteiger partial charge on any atom is 0.408 e. The lowest BCUT2D eigenvalue weighted by atomic mass is 9.95. The number of nitrogens with zero attached hydrogens (tertiary/aromatic N) is 3. The SMILES string of the molecule is CC(C)c1ccc([C@@H](NC(=O)[C@@H]2CCCN2C(=O)Cc2nnc(CNC(=O)OC(C)(C)C)o2)c2ccccc2)cc1. The van der Waals surface area contributed by atoms with Gasteiger partial charge in [0.15, 0.2) is 0 Å². The lowest BCUT2D eigenvalue weighted by molar-refractivity contribution is -0.138. The first-order valence-corrected chi connectivity index (χ1v) is 14.0. The molecule has 10 heteroatoms. The molecule has 1 aromatic heterocycles.